The average molecular weight is 479 g/mol. The average Bonchev–Trinajstić information content (AvgIpc) is 3.23. The highest BCUT2D eigenvalue weighted by atomic mass is 32.2. The number of nitrogens with zero attached hydrogens (tertiary/aromatic N) is 2. The highest BCUT2D eigenvalue weighted by Crippen LogP contribution is 2.36. The zero-order valence-electron chi connectivity index (χ0n) is 19.2. The summed E-state index contributed by atoms with van der Waals surface area (Å²) in [6.45, 7) is 5.65. The maximum atomic E-state index is 12.6. The third-order valence-electron chi connectivity index (χ3n) is 5.17. The van der Waals surface area contributed by atoms with Crippen LogP contribution in [0.15, 0.2) is 65.6 Å². The molecule has 2 N–H and O–H groups in total. The van der Waals surface area contributed by atoms with Gasteiger partial charge in [-0.15, -0.1) is 11.8 Å². The Balaban J connectivity index is 1.37. The quantitative estimate of drug-likeness (QED) is 0.516. The Hall–Kier alpha value is -3.59. The van der Waals surface area contributed by atoms with Gasteiger partial charge in [0.1, 0.15) is 5.82 Å². The van der Waals surface area contributed by atoms with Crippen molar-refractivity contribution in [2.24, 2.45) is 0 Å². The van der Waals surface area contributed by atoms with E-state index < -0.39 is 23.7 Å². The molecule has 2 aromatic carbocycles. The van der Waals surface area contributed by atoms with Crippen LogP contribution in [-0.4, -0.2) is 39.4 Å². The van der Waals surface area contributed by atoms with E-state index in [-0.39, 0.29) is 17.7 Å². The van der Waals surface area contributed by atoms with Gasteiger partial charge in [-0.1, -0.05) is 51.1 Å². The predicted molar refractivity (Wildman–Crippen MR) is 131 cm³/mol. The number of esters is 1. The number of hydrogen-bond donors (Lipinski definition) is 2. The summed E-state index contributed by atoms with van der Waals surface area (Å²) < 4.78 is 6.81. The molecule has 1 aromatic heterocycles. The number of carbonyl (C=O) groups is 3. The highest BCUT2D eigenvalue weighted by Gasteiger charge is 2.29. The molecule has 0 bridgehead atoms. The third-order valence-corrected chi connectivity index (χ3v) is 6.44. The van der Waals surface area contributed by atoms with Crippen LogP contribution in [0.25, 0.3) is 5.69 Å². The standard InChI is InChI=1S/C25H26N4O4S/c1-25(2,3)20-14-21(29(28-20)16-9-5-4-6-10-16)27-22(30)15-33-23(31)13-19-24(32)26-17-11-7-8-12-18(17)34-19/h4-12,14,19H,13,15H2,1-3H3,(H,26,32)(H,27,30)/t19-/m1/s1. The number of fused-ring (bicyclic) bond motifs is 1. The maximum absolute atomic E-state index is 12.6. The molecule has 0 radical (unpaired) electrons. The number of para-hydroxylation sites is 2. The van der Waals surface area contributed by atoms with Crippen molar-refractivity contribution in [1.82, 2.24) is 9.78 Å². The van der Waals surface area contributed by atoms with Crippen molar-refractivity contribution in [2.75, 3.05) is 17.2 Å². The van der Waals surface area contributed by atoms with Crippen molar-refractivity contribution < 1.29 is 19.1 Å². The number of hydrogen-bond acceptors (Lipinski definition) is 6. The molecule has 176 valence electrons. The Morgan fingerprint density at radius 2 is 1.82 bits per heavy atom. The van der Waals surface area contributed by atoms with Crippen molar-refractivity contribution in [1.29, 1.82) is 0 Å². The monoisotopic (exact) mass is 478 g/mol. The van der Waals surface area contributed by atoms with Crippen LogP contribution < -0.4 is 10.6 Å². The summed E-state index contributed by atoms with van der Waals surface area (Å²) in [5, 5.41) is 9.61. The summed E-state index contributed by atoms with van der Waals surface area (Å²) in [4.78, 5) is 38.1. The molecule has 1 aliphatic rings. The maximum Gasteiger partial charge on any atom is 0.307 e. The summed E-state index contributed by atoms with van der Waals surface area (Å²) >= 11 is 1.31. The minimum absolute atomic E-state index is 0.131. The minimum Gasteiger partial charge on any atom is -0.456 e. The van der Waals surface area contributed by atoms with E-state index in [1.165, 1.54) is 11.8 Å². The van der Waals surface area contributed by atoms with Gasteiger partial charge in [0.05, 0.1) is 28.7 Å². The van der Waals surface area contributed by atoms with Crippen molar-refractivity contribution in [3.8, 4) is 5.69 Å². The minimum atomic E-state index is -0.617. The Bertz CT molecular complexity index is 1220. The fourth-order valence-corrected chi connectivity index (χ4v) is 4.46. The first-order valence-electron chi connectivity index (χ1n) is 10.9. The lowest BCUT2D eigenvalue weighted by Gasteiger charge is -2.23. The first kappa shape index (κ1) is 23.6. The van der Waals surface area contributed by atoms with Crippen LogP contribution in [0.1, 0.15) is 32.9 Å². The molecule has 0 saturated carbocycles. The molecule has 0 spiro atoms. The summed E-state index contributed by atoms with van der Waals surface area (Å²) in [5.74, 6) is -0.881. The van der Waals surface area contributed by atoms with Gasteiger partial charge in [0.25, 0.3) is 5.91 Å². The fourth-order valence-electron chi connectivity index (χ4n) is 3.36. The van der Waals surface area contributed by atoms with Crippen LogP contribution in [0.2, 0.25) is 0 Å². The van der Waals surface area contributed by atoms with Crippen molar-refractivity contribution >= 4 is 41.1 Å². The molecular weight excluding hydrogens is 452 g/mol. The molecule has 3 aromatic rings. The fraction of sp³-hybridized carbons (Fsp3) is 0.280. The normalized spacial score (nSPS) is 15.3. The van der Waals surface area contributed by atoms with E-state index >= 15 is 0 Å². The summed E-state index contributed by atoms with van der Waals surface area (Å²) in [7, 11) is 0. The van der Waals surface area contributed by atoms with Crippen LogP contribution in [0.3, 0.4) is 0 Å². The van der Waals surface area contributed by atoms with E-state index in [9.17, 15) is 14.4 Å². The molecule has 2 amide bonds. The van der Waals surface area contributed by atoms with Crippen LogP contribution >= 0.6 is 11.8 Å². The van der Waals surface area contributed by atoms with Crippen LogP contribution in [0, 0.1) is 0 Å². The van der Waals surface area contributed by atoms with Gasteiger partial charge in [-0.2, -0.15) is 5.10 Å². The lowest BCUT2D eigenvalue weighted by Crippen LogP contribution is -2.32. The molecule has 9 heteroatoms. The van der Waals surface area contributed by atoms with Crippen molar-refractivity contribution in [3.05, 3.63) is 66.4 Å². The number of aromatic nitrogens is 2. The second-order valence-corrected chi connectivity index (χ2v) is 10.2. The van der Waals surface area contributed by atoms with Gasteiger partial charge in [0.15, 0.2) is 6.61 Å². The molecule has 0 fully saturated rings. The summed E-state index contributed by atoms with van der Waals surface area (Å²) in [6, 6.07) is 18.7. The molecule has 0 aliphatic carbocycles. The second kappa shape index (κ2) is 9.72. The molecular formula is C25H26N4O4S. The van der Waals surface area contributed by atoms with E-state index in [1.54, 1.807) is 4.68 Å². The van der Waals surface area contributed by atoms with Gasteiger partial charge in [0.2, 0.25) is 5.91 Å². The molecule has 34 heavy (non-hydrogen) atoms. The van der Waals surface area contributed by atoms with Gasteiger partial charge in [0, 0.05) is 16.4 Å². The van der Waals surface area contributed by atoms with Crippen LogP contribution in [0.4, 0.5) is 11.5 Å². The Morgan fingerprint density at radius 1 is 1.12 bits per heavy atom. The molecule has 0 saturated heterocycles. The van der Waals surface area contributed by atoms with Gasteiger partial charge >= 0.3 is 5.97 Å². The number of ether oxygens (including phenoxy) is 1. The van der Waals surface area contributed by atoms with Gasteiger partial charge in [-0.3, -0.25) is 14.4 Å². The summed E-state index contributed by atoms with van der Waals surface area (Å²) in [5.41, 5.74) is 2.12. The van der Waals surface area contributed by atoms with Crippen LogP contribution in [-0.2, 0) is 24.5 Å². The van der Waals surface area contributed by atoms with Crippen molar-refractivity contribution in [2.45, 2.75) is 42.8 Å². The van der Waals surface area contributed by atoms with E-state index in [2.05, 4.69) is 15.7 Å². The smallest absolute Gasteiger partial charge is 0.307 e. The second-order valence-electron chi connectivity index (χ2n) is 8.92. The lowest BCUT2D eigenvalue weighted by atomic mass is 9.92. The number of nitrogens with one attached hydrogen (secondary N) is 2. The van der Waals surface area contributed by atoms with Gasteiger partial charge in [-0.05, 0) is 24.3 Å². The Kier molecular flexibility index (Phi) is 6.74. The first-order chi connectivity index (χ1) is 16.2. The Labute approximate surface area is 202 Å². The summed E-state index contributed by atoms with van der Waals surface area (Å²) in [6.07, 6.45) is -0.131. The SMILES string of the molecule is CC(C)(C)c1cc(NC(=O)COC(=O)C[C@H]2Sc3ccccc3NC2=O)n(-c2ccccc2)n1. The topological polar surface area (TPSA) is 102 Å². The number of thioether (sulfide) groups is 1. The predicted octanol–water partition coefficient (Wildman–Crippen LogP) is 4.15. The number of amides is 2. The molecule has 0 unspecified atom stereocenters. The van der Waals surface area contributed by atoms with E-state index in [1.807, 2.05) is 81.4 Å². The first-order valence-corrected chi connectivity index (χ1v) is 11.8. The van der Waals surface area contributed by atoms with Crippen LogP contribution in [0.5, 0.6) is 0 Å². The van der Waals surface area contributed by atoms with E-state index in [4.69, 9.17) is 4.74 Å². The molecule has 1 aliphatic heterocycles. The molecule has 4 rings (SSSR count). The third kappa shape index (κ3) is 5.48. The molecule has 2 heterocycles. The van der Waals surface area contributed by atoms with E-state index in [0.717, 1.165) is 22.0 Å². The lowest BCUT2D eigenvalue weighted by molar-refractivity contribution is -0.147. The molecule has 1 atom stereocenters. The highest BCUT2D eigenvalue weighted by molar-refractivity contribution is 8.01. The van der Waals surface area contributed by atoms with Gasteiger partial charge in [-0.25, -0.2) is 4.68 Å². The number of anilines is 2. The zero-order chi connectivity index (χ0) is 24.3. The zero-order valence-corrected chi connectivity index (χ0v) is 20.0. The number of rotatable bonds is 6. The van der Waals surface area contributed by atoms with E-state index in [0.29, 0.717) is 5.82 Å². The molecule has 8 nitrogen and oxygen atoms in total. The van der Waals surface area contributed by atoms with Crippen molar-refractivity contribution in [3.63, 3.8) is 0 Å². The largest absolute Gasteiger partial charge is 0.456 e. The number of benzene rings is 2. The number of carbonyl (C=O) groups excluding carboxylic acids is 3. The Morgan fingerprint density at radius 3 is 2.56 bits per heavy atom. The van der Waals surface area contributed by atoms with Gasteiger partial charge < -0.3 is 15.4 Å².